The molecule has 1 aromatic rings. The van der Waals surface area contributed by atoms with Crippen LogP contribution in [0.3, 0.4) is 0 Å². The molecule has 17 heavy (non-hydrogen) atoms. The van der Waals surface area contributed by atoms with Crippen LogP contribution in [0.25, 0.3) is 0 Å². The van der Waals surface area contributed by atoms with Gasteiger partial charge in [-0.3, -0.25) is 0 Å². The summed E-state index contributed by atoms with van der Waals surface area (Å²) in [5.41, 5.74) is 0.881. The number of halogens is 2. The minimum Gasteiger partial charge on any atom is -0.313 e. The first-order valence-corrected chi connectivity index (χ1v) is 6.62. The van der Waals surface area contributed by atoms with Crippen LogP contribution < -0.4 is 10.6 Å². The molecule has 0 saturated carbocycles. The zero-order chi connectivity index (χ0) is 12.1. The van der Waals surface area contributed by atoms with Crippen LogP contribution >= 0.6 is 23.2 Å². The van der Waals surface area contributed by atoms with Crippen molar-refractivity contribution in [2.45, 2.75) is 31.8 Å². The second-order valence-corrected chi connectivity index (χ2v) is 4.93. The van der Waals surface area contributed by atoms with Gasteiger partial charge in [0.15, 0.2) is 0 Å². The van der Waals surface area contributed by atoms with Crippen molar-refractivity contribution in [2.75, 3.05) is 13.1 Å². The van der Waals surface area contributed by atoms with Crippen molar-refractivity contribution < 1.29 is 0 Å². The molecule has 2 heterocycles. The molecule has 2 rings (SSSR count). The van der Waals surface area contributed by atoms with E-state index in [1.54, 1.807) is 6.20 Å². The maximum absolute atomic E-state index is 5.96. The Morgan fingerprint density at radius 1 is 1.41 bits per heavy atom. The van der Waals surface area contributed by atoms with E-state index in [2.05, 4.69) is 20.6 Å². The van der Waals surface area contributed by atoms with Gasteiger partial charge in [0.25, 0.3) is 0 Å². The molecular weight excluding hydrogens is 259 g/mol. The van der Waals surface area contributed by atoms with Gasteiger partial charge < -0.3 is 10.6 Å². The van der Waals surface area contributed by atoms with Gasteiger partial charge in [-0.05, 0) is 31.0 Å². The molecule has 0 spiro atoms. The normalized spacial score (nSPS) is 20.5. The summed E-state index contributed by atoms with van der Waals surface area (Å²) in [5, 5.41) is 7.46. The van der Waals surface area contributed by atoms with Crippen molar-refractivity contribution in [3.8, 4) is 0 Å². The number of hydrogen-bond donors (Lipinski definition) is 2. The summed E-state index contributed by atoms with van der Waals surface area (Å²) in [6, 6.07) is 0.566. The summed E-state index contributed by atoms with van der Waals surface area (Å²) < 4.78 is 0. The summed E-state index contributed by atoms with van der Waals surface area (Å²) in [6.07, 6.45) is 5.49. The Kier molecular flexibility index (Phi) is 4.98. The van der Waals surface area contributed by atoms with E-state index in [-0.39, 0.29) is 5.28 Å². The lowest BCUT2D eigenvalue weighted by Gasteiger charge is -2.23. The highest BCUT2D eigenvalue weighted by Gasteiger charge is 2.12. The molecule has 1 fully saturated rings. The molecule has 1 aromatic heterocycles. The number of nitrogens with zero attached hydrogens (tertiary/aromatic N) is 2. The summed E-state index contributed by atoms with van der Waals surface area (Å²) in [5.74, 6) is 0. The maximum Gasteiger partial charge on any atom is 0.223 e. The zero-order valence-electron chi connectivity index (χ0n) is 9.55. The number of rotatable bonds is 4. The van der Waals surface area contributed by atoms with Crippen molar-refractivity contribution in [2.24, 2.45) is 0 Å². The fourth-order valence-electron chi connectivity index (χ4n) is 1.96. The van der Waals surface area contributed by atoms with Crippen molar-refractivity contribution in [1.29, 1.82) is 0 Å². The molecule has 0 aromatic carbocycles. The standard InChI is InChI=1S/C11H16Cl2N4/c12-10-8(6-16-11(13)17-10)5-14-7-9-3-1-2-4-15-9/h6,9,14-15H,1-5,7H2/t9-/m1/s1. The second-order valence-electron chi connectivity index (χ2n) is 4.23. The van der Waals surface area contributed by atoms with Crippen LogP contribution in [0.15, 0.2) is 6.20 Å². The smallest absolute Gasteiger partial charge is 0.223 e. The highest BCUT2D eigenvalue weighted by Crippen LogP contribution is 2.14. The van der Waals surface area contributed by atoms with Gasteiger partial charge in [0.1, 0.15) is 5.15 Å². The lowest BCUT2D eigenvalue weighted by Crippen LogP contribution is -2.41. The third kappa shape index (κ3) is 4.07. The molecule has 0 amide bonds. The average Bonchev–Trinajstić information content (AvgIpc) is 2.33. The summed E-state index contributed by atoms with van der Waals surface area (Å²) in [7, 11) is 0. The molecule has 0 unspecified atom stereocenters. The number of nitrogens with one attached hydrogen (secondary N) is 2. The van der Waals surface area contributed by atoms with Gasteiger partial charge >= 0.3 is 0 Å². The van der Waals surface area contributed by atoms with Crippen LogP contribution in [0.5, 0.6) is 0 Å². The van der Waals surface area contributed by atoms with Crippen molar-refractivity contribution in [3.05, 3.63) is 22.2 Å². The quantitative estimate of drug-likeness (QED) is 0.652. The molecule has 1 saturated heterocycles. The molecule has 2 N–H and O–H groups in total. The van der Waals surface area contributed by atoms with Gasteiger partial charge in [-0.25, -0.2) is 9.97 Å². The van der Waals surface area contributed by atoms with Crippen LogP contribution in [-0.4, -0.2) is 29.1 Å². The molecule has 0 radical (unpaired) electrons. The number of hydrogen-bond acceptors (Lipinski definition) is 4. The average molecular weight is 275 g/mol. The highest BCUT2D eigenvalue weighted by atomic mass is 35.5. The van der Waals surface area contributed by atoms with Crippen LogP contribution in [-0.2, 0) is 6.54 Å². The number of piperidine rings is 1. The van der Waals surface area contributed by atoms with Crippen LogP contribution in [0.1, 0.15) is 24.8 Å². The first-order chi connectivity index (χ1) is 8.25. The first kappa shape index (κ1) is 13.0. The highest BCUT2D eigenvalue weighted by molar-refractivity contribution is 6.32. The lowest BCUT2D eigenvalue weighted by atomic mass is 10.1. The molecule has 6 heteroatoms. The SMILES string of the molecule is Clc1ncc(CNC[C@H]2CCCCN2)c(Cl)n1. The monoisotopic (exact) mass is 274 g/mol. The third-order valence-corrected chi connectivity index (χ3v) is 3.41. The Balaban J connectivity index is 1.77. The Labute approximate surface area is 111 Å². The molecular formula is C11H16Cl2N4. The van der Waals surface area contributed by atoms with Crippen molar-refractivity contribution >= 4 is 23.2 Å². The van der Waals surface area contributed by atoms with Crippen molar-refractivity contribution in [3.63, 3.8) is 0 Å². The van der Waals surface area contributed by atoms with Crippen LogP contribution in [0.4, 0.5) is 0 Å². The van der Waals surface area contributed by atoms with E-state index < -0.39 is 0 Å². The molecule has 1 aliphatic rings. The molecule has 1 atom stereocenters. The maximum atomic E-state index is 5.96. The Bertz CT molecular complexity index is 366. The molecule has 94 valence electrons. The van der Waals surface area contributed by atoms with Gasteiger partial charge in [0.2, 0.25) is 5.28 Å². The van der Waals surface area contributed by atoms with E-state index in [1.165, 1.54) is 19.3 Å². The molecule has 0 bridgehead atoms. The summed E-state index contributed by atoms with van der Waals surface area (Å²) >= 11 is 11.6. The number of aromatic nitrogens is 2. The van der Waals surface area contributed by atoms with E-state index in [0.717, 1.165) is 18.7 Å². The zero-order valence-corrected chi connectivity index (χ0v) is 11.1. The predicted molar refractivity (Wildman–Crippen MR) is 69.4 cm³/mol. The predicted octanol–water partition coefficient (Wildman–Crippen LogP) is 2.02. The first-order valence-electron chi connectivity index (χ1n) is 5.87. The Morgan fingerprint density at radius 2 is 2.29 bits per heavy atom. The van der Waals surface area contributed by atoms with Gasteiger partial charge in [-0.1, -0.05) is 18.0 Å². The van der Waals surface area contributed by atoms with Gasteiger partial charge in [-0.2, -0.15) is 0 Å². The van der Waals surface area contributed by atoms with E-state index in [4.69, 9.17) is 23.2 Å². The van der Waals surface area contributed by atoms with E-state index in [1.807, 2.05) is 0 Å². The van der Waals surface area contributed by atoms with E-state index in [9.17, 15) is 0 Å². The van der Waals surface area contributed by atoms with Crippen LogP contribution in [0.2, 0.25) is 10.4 Å². The van der Waals surface area contributed by atoms with Gasteiger partial charge in [0.05, 0.1) is 0 Å². The fraction of sp³-hybridized carbons (Fsp3) is 0.636. The summed E-state index contributed by atoms with van der Waals surface area (Å²) in [6.45, 7) is 2.74. The third-order valence-electron chi connectivity index (χ3n) is 2.90. The van der Waals surface area contributed by atoms with Crippen LogP contribution in [0, 0.1) is 0 Å². The largest absolute Gasteiger partial charge is 0.313 e. The van der Waals surface area contributed by atoms with Gasteiger partial charge in [-0.15, -0.1) is 0 Å². The summed E-state index contributed by atoms with van der Waals surface area (Å²) in [4.78, 5) is 7.82. The van der Waals surface area contributed by atoms with E-state index >= 15 is 0 Å². The topological polar surface area (TPSA) is 49.8 Å². The van der Waals surface area contributed by atoms with E-state index in [0.29, 0.717) is 17.7 Å². The Hall–Kier alpha value is -0.420. The minimum absolute atomic E-state index is 0.188. The Morgan fingerprint density at radius 3 is 3.00 bits per heavy atom. The minimum atomic E-state index is 0.188. The van der Waals surface area contributed by atoms with Crippen molar-refractivity contribution in [1.82, 2.24) is 20.6 Å². The molecule has 1 aliphatic heterocycles. The lowest BCUT2D eigenvalue weighted by molar-refractivity contribution is 0.383. The molecule has 0 aliphatic carbocycles. The molecule has 4 nitrogen and oxygen atoms in total. The van der Waals surface area contributed by atoms with Gasteiger partial charge in [0, 0.05) is 30.9 Å². The second kappa shape index (κ2) is 6.50. The fourth-order valence-corrected chi connectivity index (χ4v) is 2.34.